The number of para-hydroxylation sites is 1. The van der Waals surface area contributed by atoms with Gasteiger partial charge in [-0.15, -0.1) is 11.3 Å². The van der Waals surface area contributed by atoms with Crippen LogP contribution in [0.25, 0.3) is 0 Å². The lowest BCUT2D eigenvalue weighted by Gasteiger charge is -2.31. The van der Waals surface area contributed by atoms with Gasteiger partial charge in [-0.05, 0) is 30.0 Å². The molecule has 0 bridgehead atoms. The maximum atomic E-state index is 12.2. The summed E-state index contributed by atoms with van der Waals surface area (Å²) in [6.45, 7) is 2.84. The molecule has 1 heterocycles. The lowest BCUT2D eigenvalue weighted by Crippen LogP contribution is -2.44. The summed E-state index contributed by atoms with van der Waals surface area (Å²) in [5.41, 5.74) is 0.953. The number of aliphatic hydroxyl groups excluding tert-OH is 1. The molecular formula is C17H22N2O2S. The maximum absolute atomic E-state index is 12.2. The predicted molar refractivity (Wildman–Crippen MR) is 91.1 cm³/mol. The predicted octanol–water partition coefficient (Wildman–Crippen LogP) is 2.64. The summed E-state index contributed by atoms with van der Waals surface area (Å²) >= 11 is 1.63. The SMILES string of the molecule is CCC(CO)N(CC(=O)NCc1cccs1)c1ccccc1. The Hall–Kier alpha value is -1.85. The number of hydrogen-bond donors (Lipinski definition) is 2. The Bertz CT molecular complexity index is 553. The van der Waals surface area contributed by atoms with E-state index in [1.54, 1.807) is 11.3 Å². The molecule has 0 aliphatic rings. The fourth-order valence-electron chi connectivity index (χ4n) is 2.31. The highest BCUT2D eigenvalue weighted by Crippen LogP contribution is 2.18. The van der Waals surface area contributed by atoms with Crippen LogP contribution in [0.15, 0.2) is 47.8 Å². The smallest absolute Gasteiger partial charge is 0.239 e. The van der Waals surface area contributed by atoms with Crippen molar-refractivity contribution in [3.8, 4) is 0 Å². The molecule has 0 radical (unpaired) electrons. The van der Waals surface area contributed by atoms with Crippen LogP contribution in [0.5, 0.6) is 0 Å². The number of carbonyl (C=O) groups excluding carboxylic acids is 1. The van der Waals surface area contributed by atoms with E-state index in [0.29, 0.717) is 6.54 Å². The minimum Gasteiger partial charge on any atom is -0.394 e. The highest BCUT2D eigenvalue weighted by atomic mass is 32.1. The number of nitrogens with zero attached hydrogens (tertiary/aromatic N) is 1. The van der Waals surface area contributed by atoms with Gasteiger partial charge in [0.1, 0.15) is 0 Å². The Morgan fingerprint density at radius 2 is 2.05 bits per heavy atom. The Morgan fingerprint density at radius 1 is 1.27 bits per heavy atom. The number of thiophene rings is 1. The Kier molecular flexibility index (Phi) is 6.43. The molecule has 1 amide bonds. The van der Waals surface area contributed by atoms with E-state index in [9.17, 15) is 9.90 Å². The average Bonchev–Trinajstić information content (AvgIpc) is 3.07. The first-order chi connectivity index (χ1) is 10.7. The quantitative estimate of drug-likeness (QED) is 0.787. The van der Waals surface area contributed by atoms with Gasteiger partial charge in [0.2, 0.25) is 5.91 Å². The van der Waals surface area contributed by atoms with Gasteiger partial charge in [0.05, 0.1) is 25.7 Å². The van der Waals surface area contributed by atoms with Crippen LogP contribution in [-0.4, -0.2) is 30.2 Å². The largest absolute Gasteiger partial charge is 0.394 e. The van der Waals surface area contributed by atoms with Gasteiger partial charge in [0.15, 0.2) is 0 Å². The van der Waals surface area contributed by atoms with Gasteiger partial charge in [-0.1, -0.05) is 31.2 Å². The van der Waals surface area contributed by atoms with Crippen molar-refractivity contribution in [2.45, 2.75) is 25.9 Å². The van der Waals surface area contributed by atoms with Crippen molar-refractivity contribution in [1.82, 2.24) is 5.32 Å². The van der Waals surface area contributed by atoms with E-state index in [1.807, 2.05) is 59.7 Å². The van der Waals surface area contributed by atoms with Gasteiger partial charge in [-0.2, -0.15) is 0 Å². The molecule has 1 unspecified atom stereocenters. The topological polar surface area (TPSA) is 52.6 Å². The van der Waals surface area contributed by atoms with Crippen LogP contribution < -0.4 is 10.2 Å². The number of amides is 1. The molecule has 1 atom stereocenters. The van der Waals surface area contributed by atoms with Crippen LogP contribution in [0.4, 0.5) is 5.69 Å². The lowest BCUT2D eigenvalue weighted by atomic mass is 10.1. The van der Waals surface area contributed by atoms with Gasteiger partial charge in [0, 0.05) is 10.6 Å². The third-order valence-corrected chi connectivity index (χ3v) is 4.44. The number of anilines is 1. The lowest BCUT2D eigenvalue weighted by molar-refractivity contribution is -0.120. The Morgan fingerprint density at radius 3 is 2.64 bits per heavy atom. The van der Waals surface area contributed by atoms with Crippen molar-refractivity contribution >= 4 is 22.9 Å². The minimum atomic E-state index is -0.0603. The van der Waals surface area contributed by atoms with Crippen LogP contribution in [0, 0.1) is 0 Å². The molecule has 1 aromatic heterocycles. The molecule has 5 heteroatoms. The normalized spacial score (nSPS) is 11.9. The van der Waals surface area contributed by atoms with Crippen molar-refractivity contribution in [1.29, 1.82) is 0 Å². The highest BCUT2D eigenvalue weighted by molar-refractivity contribution is 7.09. The summed E-state index contributed by atoms with van der Waals surface area (Å²) in [5, 5.41) is 14.5. The molecule has 0 aliphatic heterocycles. The Balaban J connectivity index is 2.01. The molecule has 1 aromatic carbocycles. The minimum absolute atomic E-state index is 0.0313. The van der Waals surface area contributed by atoms with Crippen LogP contribution in [0.2, 0.25) is 0 Å². The molecule has 118 valence electrons. The zero-order valence-electron chi connectivity index (χ0n) is 12.7. The number of hydrogen-bond acceptors (Lipinski definition) is 4. The fourth-order valence-corrected chi connectivity index (χ4v) is 2.95. The first-order valence-corrected chi connectivity index (χ1v) is 8.34. The van der Waals surface area contributed by atoms with Crippen molar-refractivity contribution in [3.05, 3.63) is 52.7 Å². The average molecular weight is 318 g/mol. The second-order valence-electron chi connectivity index (χ2n) is 5.06. The molecule has 0 spiro atoms. The Labute approximate surface area is 135 Å². The summed E-state index contributed by atoms with van der Waals surface area (Å²) in [7, 11) is 0. The first-order valence-electron chi connectivity index (χ1n) is 7.46. The second-order valence-corrected chi connectivity index (χ2v) is 6.10. The number of benzene rings is 1. The molecule has 22 heavy (non-hydrogen) atoms. The first kappa shape index (κ1) is 16.5. The van der Waals surface area contributed by atoms with Crippen LogP contribution in [0.3, 0.4) is 0 Å². The van der Waals surface area contributed by atoms with Gasteiger partial charge in [-0.3, -0.25) is 4.79 Å². The molecule has 2 N–H and O–H groups in total. The summed E-state index contributed by atoms with van der Waals surface area (Å²) in [6.07, 6.45) is 0.781. The molecule has 2 rings (SSSR count). The van der Waals surface area contributed by atoms with Crippen LogP contribution in [0.1, 0.15) is 18.2 Å². The summed E-state index contributed by atoms with van der Waals surface area (Å²) < 4.78 is 0. The molecule has 0 aliphatic carbocycles. The summed E-state index contributed by atoms with van der Waals surface area (Å²) in [5.74, 6) is -0.0378. The molecule has 2 aromatic rings. The van der Waals surface area contributed by atoms with Crippen molar-refractivity contribution in [2.24, 2.45) is 0 Å². The molecule has 4 nitrogen and oxygen atoms in total. The maximum Gasteiger partial charge on any atom is 0.239 e. The van der Waals surface area contributed by atoms with E-state index in [4.69, 9.17) is 0 Å². The van der Waals surface area contributed by atoms with E-state index in [1.165, 1.54) is 0 Å². The summed E-state index contributed by atoms with van der Waals surface area (Å²) in [4.78, 5) is 15.3. The molecule has 0 saturated carbocycles. The third-order valence-electron chi connectivity index (χ3n) is 3.56. The number of aliphatic hydroxyl groups is 1. The van der Waals surface area contributed by atoms with Gasteiger partial charge < -0.3 is 15.3 Å². The van der Waals surface area contributed by atoms with E-state index < -0.39 is 0 Å². The standard InChI is InChI=1S/C17H22N2O2S/c1-2-14(13-20)19(15-7-4-3-5-8-15)12-17(21)18-11-16-9-6-10-22-16/h3-10,14,20H,2,11-13H2,1H3,(H,18,21). The van der Waals surface area contributed by atoms with Gasteiger partial charge in [0.25, 0.3) is 0 Å². The molecule has 0 saturated heterocycles. The fraction of sp³-hybridized carbons (Fsp3) is 0.353. The zero-order valence-corrected chi connectivity index (χ0v) is 13.6. The van der Waals surface area contributed by atoms with Crippen molar-refractivity contribution in [3.63, 3.8) is 0 Å². The number of rotatable bonds is 8. The zero-order chi connectivity index (χ0) is 15.8. The van der Waals surface area contributed by atoms with Crippen molar-refractivity contribution in [2.75, 3.05) is 18.1 Å². The van der Waals surface area contributed by atoms with Gasteiger partial charge in [-0.25, -0.2) is 0 Å². The number of nitrogens with one attached hydrogen (secondary N) is 1. The second kappa shape index (κ2) is 8.56. The number of carbonyl (C=O) groups is 1. The van der Waals surface area contributed by atoms with Gasteiger partial charge >= 0.3 is 0 Å². The van der Waals surface area contributed by atoms with E-state index in [2.05, 4.69) is 5.32 Å². The highest BCUT2D eigenvalue weighted by Gasteiger charge is 2.19. The summed E-state index contributed by atoms with van der Waals surface area (Å²) in [6, 6.07) is 13.7. The molecular weight excluding hydrogens is 296 g/mol. The van der Waals surface area contributed by atoms with E-state index >= 15 is 0 Å². The van der Waals surface area contributed by atoms with Crippen molar-refractivity contribution < 1.29 is 9.90 Å². The van der Waals surface area contributed by atoms with E-state index in [-0.39, 0.29) is 25.1 Å². The monoisotopic (exact) mass is 318 g/mol. The van der Waals surface area contributed by atoms with Crippen LogP contribution in [-0.2, 0) is 11.3 Å². The third kappa shape index (κ3) is 4.58. The van der Waals surface area contributed by atoms with Crippen LogP contribution >= 0.6 is 11.3 Å². The van der Waals surface area contributed by atoms with E-state index in [0.717, 1.165) is 17.0 Å². The molecule has 0 fully saturated rings.